The first-order valence-electron chi connectivity index (χ1n) is 6.64. The molecule has 0 heterocycles. The lowest BCUT2D eigenvalue weighted by Gasteiger charge is -2.10. The van der Waals surface area contributed by atoms with Crippen LogP contribution in [0, 0.1) is 0 Å². The summed E-state index contributed by atoms with van der Waals surface area (Å²) in [5.74, 6) is -0.240. The van der Waals surface area contributed by atoms with Crippen molar-refractivity contribution < 1.29 is 9.53 Å². The average Bonchev–Trinajstić information content (AvgIpc) is 2.28. The van der Waals surface area contributed by atoms with Crippen molar-refractivity contribution in [3.05, 3.63) is 0 Å². The first-order valence-corrected chi connectivity index (χ1v) is 6.64. The molecule has 0 spiro atoms. The Hall–Kier alpha value is -0.570. The SMILES string of the molecule is CCCCCCCCOC(=O)C(N)CCC. The lowest BCUT2D eigenvalue weighted by atomic mass is 10.1. The smallest absolute Gasteiger partial charge is 0.322 e. The summed E-state index contributed by atoms with van der Waals surface area (Å²) >= 11 is 0. The van der Waals surface area contributed by atoms with Crippen molar-refractivity contribution in [3.8, 4) is 0 Å². The molecule has 0 aliphatic heterocycles. The quantitative estimate of drug-likeness (QED) is 0.463. The van der Waals surface area contributed by atoms with E-state index in [4.69, 9.17) is 10.5 Å². The van der Waals surface area contributed by atoms with Gasteiger partial charge in [0.2, 0.25) is 0 Å². The molecule has 0 aromatic rings. The maximum atomic E-state index is 11.3. The maximum Gasteiger partial charge on any atom is 0.322 e. The molecule has 1 unspecified atom stereocenters. The van der Waals surface area contributed by atoms with Crippen molar-refractivity contribution in [2.45, 2.75) is 71.3 Å². The summed E-state index contributed by atoms with van der Waals surface area (Å²) < 4.78 is 5.10. The zero-order valence-electron chi connectivity index (χ0n) is 10.8. The molecule has 0 fully saturated rings. The second-order valence-corrected chi connectivity index (χ2v) is 4.33. The largest absolute Gasteiger partial charge is 0.465 e. The van der Waals surface area contributed by atoms with Crippen LogP contribution in [0.5, 0.6) is 0 Å². The van der Waals surface area contributed by atoms with Crippen LogP contribution >= 0.6 is 0 Å². The van der Waals surface area contributed by atoms with Gasteiger partial charge in [-0.1, -0.05) is 52.4 Å². The molecule has 1 atom stereocenters. The Bertz CT molecular complexity index is 171. The number of nitrogens with two attached hydrogens (primary N) is 1. The van der Waals surface area contributed by atoms with Gasteiger partial charge in [0.1, 0.15) is 6.04 Å². The molecule has 96 valence electrons. The van der Waals surface area contributed by atoms with Gasteiger partial charge in [0.05, 0.1) is 6.61 Å². The molecule has 3 nitrogen and oxygen atoms in total. The second-order valence-electron chi connectivity index (χ2n) is 4.33. The minimum atomic E-state index is -0.426. The minimum absolute atomic E-state index is 0.240. The lowest BCUT2D eigenvalue weighted by Crippen LogP contribution is -2.32. The van der Waals surface area contributed by atoms with Gasteiger partial charge in [0, 0.05) is 0 Å². The molecular formula is C13H27NO2. The second kappa shape index (κ2) is 10.9. The van der Waals surface area contributed by atoms with Crippen LogP contribution in [0.2, 0.25) is 0 Å². The van der Waals surface area contributed by atoms with Gasteiger partial charge in [-0.25, -0.2) is 0 Å². The molecule has 0 aliphatic rings. The van der Waals surface area contributed by atoms with Crippen LogP contribution in [-0.2, 0) is 9.53 Å². The molecule has 0 amide bonds. The molecule has 0 saturated carbocycles. The van der Waals surface area contributed by atoms with E-state index in [1.165, 1.54) is 25.7 Å². The summed E-state index contributed by atoms with van der Waals surface area (Å²) in [5.41, 5.74) is 5.63. The van der Waals surface area contributed by atoms with Gasteiger partial charge in [-0.15, -0.1) is 0 Å². The van der Waals surface area contributed by atoms with Gasteiger partial charge in [-0.3, -0.25) is 4.79 Å². The van der Waals surface area contributed by atoms with E-state index < -0.39 is 6.04 Å². The Morgan fingerprint density at radius 2 is 1.69 bits per heavy atom. The van der Waals surface area contributed by atoms with Crippen LogP contribution in [0.4, 0.5) is 0 Å². The predicted molar refractivity (Wildman–Crippen MR) is 67.2 cm³/mol. The van der Waals surface area contributed by atoms with Gasteiger partial charge >= 0.3 is 5.97 Å². The predicted octanol–water partition coefficient (Wildman–Crippen LogP) is 3.02. The number of esters is 1. The number of rotatable bonds is 10. The lowest BCUT2D eigenvalue weighted by molar-refractivity contribution is -0.145. The zero-order chi connectivity index (χ0) is 12.2. The Kier molecular flexibility index (Phi) is 10.5. The number of hydrogen-bond acceptors (Lipinski definition) is 3. The van der Waals surface area contributed by atoms with Crippen LogP contribution in [0.25, 0.3) is 0 Å². The summed E-state index contributed by atoms with van der Waals surface area (Å²) in [6.45, 7) is 4.75. The number of hydrogen-bond donors (Lipinski definition) is 1. The van der Waals surface area contributed by atoms with E-state index in [0.717, 1.165) is 25.7 Å². The van der Waals surface area contributed by atoms with Crippen LogP contribution in [-0.4, -0.2) is 18.6 Å². The topological polar surface area (TPSA) is 52.3 Å². The van der Waals surface area contributed by atoms with E-state index in [-0.39, 0.29) is 5.97 Å². The zero-order valence-corrected chi connectivity index (χ0v) is 10.8. The number of carbonyl (C=O) groups is 1. The highest BCUT2D eigenvalue weighted by Crippen LogP contribution is 2.05. The molecule has 0 aromatic heterocycles. The Balaban J connectivity index is 3.27. The maximum absolute atomic E-state index is 11.3. The summed E-state index contributed by atoms with van der Waals surface area (Å²) in [7, 11) is 0. The molecule has 0 saturated heterocycles. The molecule has 2 N–H and O–H groups in total. The van der Waals surface area contributed by atoms with Gasteiger partial charge in [-0.05, 0) is 12.8 Å². The summed E-state index contributed by atoms with van der Waals surface area (Å²) in [5, 5.41) is 0. The van der Waals surface area contributed by atoms with Crippen molar-refractivity contribution in [3.63, 3.8) is 0 Å². The minimum Gasteiger partial charge on any atom is -0.465 e. The summed E-state index contributed by atoms with van der Waals surface area (Å²) in [6, 6.07) is -0.426. The van der Waals surface area contributed by atoms with Gasteiger partial charge in [-0.2, -0.15) is 0 Å². The third-order valence-corrected chi connectivity index (χ3v) is 2.64. The third-order valence-electron chi connectivity index (χ3n) is 2.64. The van der Waals surface area contributed by atoms with Crippen molar-refractivity contribution >= 4 is 5.97 Å². The Morgan fingerprint density at radius 1 is 1.06 bits per heavy atom. The molecular weight excluding hydrogens is 202 g/mol. The van der Waals surface area contributed by atoms with Gasteiger partial charge < -0.3 is 10.5 Å². The van der Waals surface area contributed by atoms with E-state index in [2.05, 4.69) is 6.92 Å². The van der Waals surface area contributed by atoms with Crippen LogP contribution in [0.1, 0.15) is 65.2 Å². The Morgan fingerprint density at radius 3 is 2.31 bits per heavy atom. The van der Waals surface area contributed by atoms with Crippen LogP contribution in [0.3, 0.4) is 0 Å². The molecule has 0 radical (unpaired) electrons. The van der Waals surface area contributed by atoms with E-state index in [1.54, 1.807) is 0 Å². The van der Waals surface area contributed by atoms with E-state index >= 15 is 0 Å². The number of ether oxygens (including phenoxy) is 1. The summed E-state index contributed by atoms with van der Waals surface area (Å²) in [6.07, 6.45) is 8.86. The van der Waals surface area contributed by atoms with E-state index in [1.807, 2.05) is 6.92 Å². The van der Waals surface area contributed by atoms with Gasteiger partial charge in [0.25, 0.3) is 0 Å². The molecule has 0 aliphatic carbocycles. The molecule has 0 bridgehead atoms. The van der Waals surface area contributed by atoms with E-state index in [9.17, 15) is 4.79 Å². The fourth-order valence-corrected chi connectivity index (χ4v) is 1.59. The molecule has 0 rings (SSSR count). The fraction of sp³-hybridized carbons (Fsp3) is 0.923. The van der Waals surface area contributed by atoms with Crippen molar-refractivity contribution in [2.75, 3.05) is 6.61 Å². The highest BCUT2D eigenvalue weighted by atomic mass is 16.5. The van der Waals surface area contributed by atoms with Crippen LogP contribution in [0.15, 0.2) is 0 Å². The monoisotopic (exact) mass is 229 g/mol. The van der Waals surface area contributed by atoms with Crippen molar-refractivity contribution in [2.24, 2.45) is 5.73 Å². The third kappa shape index (κ3) is 8.72. The van der Waals surface area contributed by atoms with Crippen LogP contribution < -0.4 is 5.73 Å². The normalized spacial score (nSPS) is 12.4. The highest BCUT2D eigenvalue weighted by molar-refractivity contribution is 5.75. The molecule has 0 aromatic carbocycles. The first kappa shape index (κ1) is 15.4. The highest BCUT2D eigenvalue weighted by Gasteiger charge is 2.12. The fourth-order valence-electron chi connectivity index (χ4n) is 1.59. The van der Waals surface area contributed by atoms with E-state index in [0.29, 0.717) is 6.61 Å². The Labute approximate surface area is 99.7 Å². The first-order chi connectivity index (χ1) is 7.72. The number of unbranched alkanes of at least 4 members (excludes halogenated alkanes) is 5. The van der Waals surface area contributed by atoms with Crippen molar-refractivity contribution in [1.82, 2.24) is 0 Å². The molecule has 3 heteroatoms. The summed E-state index contributed by atoms with van der Waals surface area (Å²) in [4.78, 5) is 11.3. The molecule has 16 heavy (non-hydrogen) atoms. The van der Waals surface area contributed by atoms with Gasteiger partial charge in [0.15, 0.2) is 0 Å². The average molecular weight is 229 g/mol. The number of carbonyl (C=O) groups excluding carboxylic acids is 1. The standard InChI is InChI=1S/C13H27NO2/c1-3-5-6-7-8-9-11-16-13(15)12(14)10-4-2/h12H,3-11,14H2,1-2H3. The van der Waals surface area contributed by atoms with Crippen molar-refractivity contribution in [1.29, 1.82) is 0 Å².